The van der Waals surface area contributed by atoms with Crippen LogP contribution in [0, 0.1) is 28.9 Å². The number of piperidine rings is 1. The van der Waals surface area contributed by atoms with E-state index >= 15 is 4.39 Å². The molecule has 0 radical (unpaired) electrons. The van der Waals surface area contributed by atoms with Crippen LogP contribution >= 0.6 is 0 Å². The van der Waals surface area contributed by atoms with Crippen LogP contribution in [0.15, 0.2) is 53.5 Å². The molecule has 180 valence electrons. The van der Waals surface area contributed by atoms with Crippen molar-refractivity contribution in [2.45, 2.75) is 19.0 Å². The Labute approximate surface area is 200 Å². The summed E-state index contributed by atoms with van der Waals surface area (Å²) in [6.07, 6.45) is 0.610. The highest BCUT2D eigenvalue weighted by Crippen LogP contribution is 2.39. The molecular weight excluding hydrogens is 457 g/mol. The van der Waals surface area contributed by atoms with E-state index in [1.165, 1.54) is 17.8 Å². The zero-order valence-corrected chi connectivity index (χ0v) is 19.0. The highest BCUT2D eigenvalue weighted by atomic mass is 19.1. The lowest BCUT2D eigenvalue weighted by atomic mass is 9.87. The standard InChI is InChI=1S/C26H23F3N4O2/c1-32-9-8-18(23(25(31)34)26(32)35)19-12-15(14-30)2-5-22(19)33-10-6-16(7-11-33)24(29)20-13-17(27)3-4-21(20)28/h2-5,8-9,12-13,16,24H,6-7,10-11H2,1H3,(H2,31,34). The largest absolute Gasteiger partial charge is 0.371 e. The Bertz CT molecular complexity index is 1390. The van der Waals surface area contributed by atoms with Gasteiger partial charge in [-0.05, 0) is 61.2 Å². The molecular formula is C26H23F3N4O2. The van der Waals surface area contributed by atoms with Crippen molar-refractivity contribution in [3.05, 3.63) is 87.3 Å². The molecule has 1 aromatic heterocycles. The molecule has 3 aromatic rings. The van der Waals surface area contributed by atoms with E-state index in [2.05, 4.69) is 6.07 Å². The molecule has 2 aromatic carbocycles. The zero-order chi connectivity index (χ0) is 25.3. The van der Waals surface area contributed by atoms with E-state index < -0.39 is 35.2 Å². The normalized spacial score (nSPS) is 15.0. The number of hydrogen-bond acceptors (Lipinski definition) is 4. The van der Waals surface area contributed by atoms with E-state index in [1.54, 1.807) is 24.3 Å². The van der Waals surface area contributed by atoms with Crippen LogP contribution in [0.25, 0.3) is 11.1 Å². The molecule has 0 bridgehead atoms. The number of nitrogens with zero attached hydrogens (tertiary/aromatic N) is 3. The number of nitrogens with two attached hydrogens (primary N) is 1. The third-order valence-electron chi connectivity index (χ3n) is 6.48. The number of anilines is 1. The number of benzene rings is 2. The van der Waals surface area contributed by atoms with Gasteiger partial charge in [-0.25, -0.2) is 13.2 Å². The maximum Gasteiger partial charge on any atom is 0.263 e. The second-order valence-corrected chi connectivity index (χ2v) is 8.62. The fourth-order valence-corrected chi connectivity index (χ4v) is 4.60. The van der Waals surface area contributed by atoms with Gasteiger partial charge < -0.3 is 15.2 Å². The van der Waals surface area contributed by atoms with Crippen LogP contribution in [-0.4, -0.2) is 23.6 Å². The lowest BCUT2D eigenvalue weighted by Crippen LogP contribution is -2.35. The lowest BCUT2D eigenvalue weighted by Gasteiger charge is -2.36. The summed E-state index contributed by atoms with van der Waals surface area (Å²) >= 11 is 0. The number of rotatable bonds is 5. The molecule has 0 spiro atoms. The second kappa shape index (κ2) is 9.66. The topological polar surface area (TPSA) is 92.1 Å². The van der Waals surface area contributed by atoms with Gasteiger partial charge in [0, 0.05) is 48.7 Å². The van der Waals surface area contributed by atoms with Gasteiger partial charge in [-0.15, -0.1) is 0 Å². The van der Waals surface area contributed by atoms with Gasteiger partial charge in [-0.1, -0.05) is 0 Å². The summed E-state index contributed by atoms with van der Waals surface area (Å²) in [6.45, 7) is 0.801. The van der Waals surface area contributed by atoms with Gasteiger partial charge in [0.1, 0.15) is 23.4 Å². The molecule has 1 aliphatic rings. The molecule has 2 N–H and O–H groups in total. The fourth-order valence-electron chi connectivity index (χ4n) is 4.60. The number of aryl methyl sites for hydroxylation is 1. The van der Waals surface area contributed by atoms with Crippen molar-refractivity contribution >= 4 is 11.6 Å². The molecule has 1 saturated heterocycles. The molecule has 1 unspecified atom stereocenters. The Kier molecular flexibility index (Phi) is 6.65. The van der Waals surface area contributed by atoms with Crippen LogP contribution in [0.2, 0.25) is 0 Å². The Morgan fingerprint density at radius 2 is 1.83 bits per heavy atom. The average Bonchev–Trinajstić information content (AvgIpc) is 2.86. The number of hydrogen-bond donors (Lipinski definition) is 1. The Hall–Kier alpha value is -4.06. The van der Waals surface area contributed by atoms with Gasteiger partial charge in [0.05, 0.1) is 11.6 Å². The number of primary amides is 1. The van der Waals surface area contributed by atoms with Gasteiger partial charge in [0.2, 0.25) is 0 Å². The highest BCUT2D eigenvalue weighted by Gasteiger charge is 2.31. The van der Waals surface area contributed by atoms with Gasteiger partial charge in [-0.3, -0.25) is 9.59 Å². The number of carbonyl (C=O) groups is 1. The number of aromatic nitrogens is 1. The van der Waals surface area contributed by atoms with E-state index in [4.69, 9.17) is 5.73 Å². The predicted molar refractivity (Wildman–Crippen MR) is 125 cm³/mol. The van der Waals surface area contributed by atoms with Crippen LogP contribution in [0.1, 0.15) is 40.5 Å². The van der Waals surface area contributed by atoms with Crippen molar-refractivity contribution in [2.75, 3.05) is 18.0 Å². The summed E-state index contributed by atoms with van der Waals surface area (Å²) in [7, 11) is 1.50. The van der Waals surface area contributed by atoms with Crippen molar-refractivity contribution < 1.29 is 18.0 Å². The van der Waals surface area contributed by atoms with Crippen LogP contribution in [0.4, 0.5) is 18.9 Å². The van der Waals surface area contributed by atoms with E-state index in [-0.39, 0.29) is 11.1 Å². The van der Waals surface area contributed by atoms with Crippen LogP contribution in [0.5, 0.6) is 0 Å². The van der Waals surface area contributed by atoms with E-state index in [9.17, 15) is 23.6 Å². The van der Waals surface area contributed by atoms with Crippen LogP contribution in [-0.2, 0) is 7.05 Å². The van der Waals surface area contributed by atoms with Crippen molar-refractivity contribution in [3.8, 4) is 17.2 Å². The van der Waals surface area contributed by atoms with Gasteiger partial charge in [0.25, 0.3) is 11.5 Å². The molecule has 1 atom stereocenters. The number of alkyl halides is 1. The summed E-state index contributed by atoms with van der Waals surface area (Å²) in [5, 5.41) is 9.41. The molecule has 0 saturated carbocycles. The maximum absolute atomic E-state index is 15.1. The summed E-state index contributed by atoms with van der Waals surface area (Å²) in [5.41, 5.74) is 6.28. The minimum Gasteiger partial charge on any atom is -0.371 e. The third kappa shape index (κ3) is 4.64. The second-order valence-electron chi connectivity index (χ2n) is 8.62. The first kappa shape index (κ1) is 24.1. The minimum absolute atomic E-state index is 0.188. The predicted octanol–water partition coefficient (Wildman–Crippen LogP) is 4.23. The monoisotopic (exact) mass is 480 g/mol. The number of halogens is 3. The van der Waals surface area contributed by atoms with Gasteiger partial charge >= 0.3 is 0 Å². The van der Waals surface area contributed by atoms with E-state index in [1.807, 2.05) is 4.90 Å². The number of amides is 1. The summed E-state index contributed by atoms with van der Waals surface area (Å²) < 4.78 is 44.0. The number of pyridine rings is 1. The molecule has 2 heterocycles. The fraction of sp³-hybridized carbons (Fsp3) is 0.269. The Morgan fingerprint density at radius 3 is 2.49 bits per heavy atom. The zero-order valence-electron chi connectivity index (χ0n) is 19.0. The summed E-state index contributed by atoms with van der Waals surface area (Å²) in [6, 6.07) is 11.4. The Morgan fingerprint density at radius 1 is 1.11 bits per heavy atom. The van der Waals surface area contributed by atoms with Crippen molar-refractivity contribution in [1.29, 1.82) is 5.26 Å². The first-order chi connectivity index (χ1) is 16.7. The molecule has 1 fully saturated rings. The first-order valence-electron chi connectivity index (χ1n) is 11.1. The Balaban J connectivity index is 1.67. The molecule has 0 aliphatic carbocycles. The summed E-state index contributed by atoms with van der Waals surface area (Å²) in [4.78, 5) is 26.7. The van der Waals surface area contributed by atoms with Gasteiger partial charge in [-0.2, -0.15) is 5.26 Å². The lowest BCUT2D eigenvalue weighted by molar-refractivity contribution is 0.0999. The van der Waals surface area contributed by atoms with Crippen molar-refractivity contribution in [2.24, 2.45) is 18.7 Å². The third-order valence-corrected chi connectivity index (χ3v) is 6.48. The van der Waals surface area contributed by atoms with Crippen LogP contribution in [0.3, 0.4) is 0 Å². The number of carbonyl (C=O) groups excluding carboxylic acids is 1. The van der Waals surface area contributed by atoms with E-state index in [0.29, 0.717) is 48.3 Å². The quantitative estimate of drug-likeness (QED) is 0.592. The smallest absolute Gasteiger partial charge is 0.263 e. The first-order valence-corrected chi connectivity index (χ1v) is 11.1. The molecule has 35 heavy (non-hydrogen) atoms. The molecule has 1 amide bonds. The molecule has 9 heteroatoms. The SMILES string of the molecule is Cn1ccc(-c2cc(C#N)ccc2N2CCC(C(F)c3cc(F)ccc3F)CC2)c(C(N)=O)c1=O. The van der Waals surface area contributed by atoms with Crippen molar-refractivity contribution in [3.63, 3.8) is 0 Å². The molecule has 4 rings (SSSR count). The average molecular weight is 480 g/mol. The highest BCUT2D eigenvalue weighted by molar-refractivity contribution is 6.01. The molecule has 1 aliphatic heterocycles. The number of nitriles is 1. The van der Waals surface area contributed by atoms with Crippen molar-refractivity contribution in [1.82, 2.24) is 4.57 Å². The minimum atomic E-state index is -1.65. The summed E-state index contributed by atoms with van der Waals surface area (Å²) in [5.74, 6) is -2.86. The van der Waals surface area contributed by atoms with Crippen LogP contribution < -0.4 is 16.2 Å². The maximum atomic E-state index is 15.1. The molecule has 6 nitrogen and oxygen atoms in total. The van der Waals surface area contributed by atoms with Gasteiger partial charge in [0.15, 0.2) is 0 Å². The van der Waals surface area contributed by atoms with E-state index in [0.717, 1.165) is 18.2 Å².